The fraction of sp³-hybridized carbons (Fsp3) is 0.0714. The molecule has 4 aromatic carbocycles. The van der Waals surface area contributed by atoms with Gasteiger partial charge in [-0.15, -0.1) is 0 Å². The molecule has 0 aromatic heterocycles. The van der Waals surface area contributed by atoms with Crippen LogP contribution < -0.4 is 20.3 Å². The Balaban J connectivity index is 1.46. The molecule has 0 aliphatic carbocycles. The largest absolute Gasteiger partial charge is 0.457 e. The summed E-state index contributed by atoms with van der Waals surface area (Å²) in [4.78, 5) is 27.0. The van der Waals surface area contributed by atoms with Gasteiger partial charge in [0.2, 0.25) is 0 Å². The predicted molar refractivity (Wildman–Crippen MR) is 134 cm³/mol. The van der Waals surface area contributed by atoms with Gasteiger partial charge in [0.05, 0.1) is 0 Å². The minimum atomic E-state index is -0.487. The third kappa shape index (κ3) is 6.68. The number of carbonyl (C=O) groups is 2. The van der Waals surface area contributed by atoms with Crippen LogP contribution in [0.25, 0.3) is 0 Å². The van der Waals surface area contributed by atoms with Gasteiger partial charge in [-0.2, -0.15) is 0 Å². The van der Waals surface area contributed by atoms with Gasteiger partial charge in [0, 0.05) is 30.0 Å². The van der Waals surface area contributed by atoms with Crippen molar-refractivity contribution in [2.45, 2.75) is 0 Å². The first-order valence-electron chi connectivity index (χ1n) is 11.1. The molecule has 0 saturated heterocycles. The van der Waals surface area contributed by atoms with Crippen molar-refractivity contribution in [1.82, 2.24) is 5.32 Å². The van der Waals surface area contributed by atoms with Crippen LogP contribution in [0.2, 0.25) is 0 Å². The first kappa shape index (κ1) is 23.5. The van der Waals surface area contributed by atoms with E-state index in [0.717, 1.165) is 0 Å². The van der Waals surface area contributed by atoms with Gasteiger partial charge in [-0.25, -0.2) is 9.18 Å². The average Bonchev–Trinajstić information content (AvgIpc) is 2.88. The van der Waals surface area contributed by atoms with Crippen molar-refractivity contribution in [3.8, 4) is 11.5 Å². The highest BCUT2D eigenvalue weighted by Gasteiger charge is 2.17. The molecule has 0 saturated carbocycles. The number of rotatable bonds is 8. The van der Waals surface area contributed by atoms with Gasteiger partial charge in [0.25, 0.3) is 5.91 Å². The van der Waals surface area contributed by atoms with Crippen LogP contribution in [0.4, 0.5) is 20.6 Å². The smallest absolute Gasteiger partial charge is 0.326 e. The zero-order valence-corrected chi connectivity index (χ0v) is 18.9. The van der Waals surface area contributed by atoms with Gasteiger partial charge < -0.3 is 15.4 Å². The molecule has 3 amide bonds. The number of para-hydroxylation sites is 2. The monoisotopic (exact) mass is 469 g/mol. The van der Waals surface area contributed by atoms with Gasteiger partial charge in [-0.1, -0.05) is 42.5 Å². The molecule has 0 aliphatic heterocycles. The predicted octanol–water partition coefficient (Wildman–Crippen LogP) is 6.09. The van der Waals surface area contributed by atoms with Gasteiger partial charge >= 0.3 is 6.03 Å². The number of hydrogen-bond acceptors (Lipinski definition) is 3. The lowest BCUT2D eigenvalue weighted by atomic mass is 10.2. The van der Waals surface area contributed by atoms with E-state index in [9.17, 15) is 14.0 Å². The van der Waals surface area contributed by atoms with Crippen LogP contribution in [-0.2, 0) is 0 Å². The molecule has 0 unspecified atom stereocenters. The summed E-state index contributed by atoms with van der Waals surface area (Å²) in [6.07, 6.45) is 0. The number of benzene rings is 4. The summed E-state index contributed by atoms with van der Waals surface area (Å²) in [5.74, 6) is 0.431. The Morgan fingerprint density at radius 3 is 2.11 bits per heavy atom. The molecule has 4 aromatic rings. The molecule has 7 heteroatoms. The molecule has 0 spiro atoms. The van der Waals surface area contributed by atoms with Crippen LogP contribution in [-0.4, -0.2) is 25.0 Å². The molecule has 176 valence electrons. The van der Waals surface area contributed by atoms with E-state index in [-0.39, 0.29) is 24.7 Å². The zero-order valence-electron chi connectivity index (χ0n) is 18.9. The molecule has 4 rings (SSSR count). The van der Waals surface area contributed by atoms with E-state index in [2.05, 4.69) is 10.6 Å². The highest BCUT2D eigenvalue weighted by molar-refractivity contribution is 6.02. The Morgan fingerprint density at radius 2 is 1.43 bits per heavy atom. The van der Waals surface area contributed by atoms with Crippen LogP contribution in [0.5, 0.6) is 11.5 Å². The number of halogens is 1. The lowest BCUT2D eigenvalue weighted by Gasteiger charge is -2.24. The number of amides is 3. The van der Waals surface area contributed by atoms with E-state index in [1.165, 1.54) is 29.2 Å². The van der Waals surface area contributed by atoms with Crippen LogP contribution in [0.1, 0.15) is 10.4 Å². The van der Waals surface area contributed by atoms with E-state index in [1.54, 1.807) is 36.4 Å². The van der Waals surface area contributed by atoms with Gasteiger partial charge in [-0.05, 0) is 66.7 Å². The number of hydrogen-bond donors (Lipinski definition) is 2. The SMILES string of the molecule is O=C(NCCN(C(=O)Nc1ccccc1)c1ccc(Oc2ccccc2)cc1)c1cccc(F)c1. The van der Waals surface area contributed by atoms with Crippen LogP contribution >= 0.6 is 0 Å². The topological polar surface area (TPSA) is 70.7 Å². The maximum absolute atomic E-state index is 13.4. The van der Waals surface area contributed by atoms with Crippen molar-refractivity contribution in [3.63, 3.8) is 0 Å². The molecule has 0 atom stereocenters. The Hall–Kier alpha value is -4.65. The average molecular weight is 470 g/mol. The normalized spacial score (nSPS) is 10.3. The Kier molecular flexibility index (Phi) is 7.70. The van der Waals surface area contributed by atoms with E-state index >= 15 is 0 Å². The fourth-order valence-electron chi connectivity index (χ4n) is 3.39. The summed E-state index contributed by atoms with van der Waals surface area (Å²) in [5, 5.41) is 5.60. The number of anilines is 2. The second-order valence-electron chi connectivity index (χ2n) is 7.62. The van der Waals surface area contributed by atoms with E-state index in [4.69, 9.17) is 4.74 Å². The molecule has 35 heavy (non-hydrogen) atoms. The lowest BCUT2D eigenvalue weighted by molar-refractivity contribution is 0.0954. The molecule has 0 aliphatic rings. The maximum atomic E-state index is 13.4. The highest BCUT2D eigenvalue weighted by Crippen LogP contribution is 2.25. The minimum Gasteiger partial charge on any atom is -0.457 e. The second kappa shape index (κ2) is 11.5. The molecular formula is C28H24FN3O3. The van der Waals surface area contributed by atoms with E-state index in [0.29, 0.717) is 22.9 Å². The highest BCUT2D eigenvalue weighted by atomic mass is 19.1. The van der Waals surface area contributed by atoms with Crippen molar-refractivity contribution in [3.05, 3.63) is 121 Å². The number of ether oxygens (including phenoxy) is 1. The summed E-state index contributed by atoms with van der Waals surface area (Å²) >= 11 is 0. The summed E-state index contributed by atoms with van der Waals surface area (Å²) in [7, 11) is 0. The molecule has 6 nitrogen and oxygen atoms in total. The number of carbonyl (C=O) groups excluding carboxylic acids is 2. The molecule has 0 bridgehead atoms. The third-order valence-corrected chi connectivity index (χ3v) is 5.11. The number of nitrogens with zero attached hydrogens (tertiary/aromatic N) is 1. The number of urea groups is 1. The first-order chi connectivity index (χ1) is 17.1. The lowest BCUT2D eigenvalue weighted by Crippen LogP contribution is -2.41. The summed E-state index contributed by atoms with van der Waals surface area (Å²) in [5.41, 5.74) is 1.49. The number of nitrogens with one attached hydrogen (secondary N) is 2. The molecule has 0 fully saturated rings. The van der Waals surface area contributed by atoms with E-state index < -0.39 is 11.7 Å². The van der Waals surface area contributed by atoms with Gasteiger partial charge in [-0.3, -0.25) is 9.69 Å². The Morgan fingerprint density at radius 1 is 0.771 bits per heavy atom. The summed E-state index contributed by atoms with van der Waals surface area (Å²) in [6, 6.07) is 30.7. The summed E-state index contributed by atoms with van der Waals surface area (Å²) in [6.45, 7) is 0.360. The third-order valence-electron chi connectivity index (χ3n) is 5.11. The molecular weight excluding hydrogens is 445 g/mol. The standard InChI is InChI=1S/C28H24FN3O3/c29-22-9-7-8-21(20-22)27(33)30-18-19-32(28(34)31-23-10-3-1-4-11-23)24-14-16-26(17-15-24)35-25-12-5-2-6-13-25/h1-17,20H,18-19H2,(H,30,33)(H,31,34). The fourth-order valence-corrected chi connectivity index (χ4v) is 3.39. The molecule has 0 radical (unpaired) electrons. The van der Waals surface area contributed by atoms with Gasteiger partial charge in [0.1, 0.15) is 17.3 Å². The Labute approximate surface area is 203 Å². The maximum Gasteiger partial charge on any atom is 0.326 e. The zero-order chi connectivity index (χ0) is 24.5. The van der Waals surface area contributed by atoms with Crippen molar-refractivity contribution >= 4 is 23.3 Å². The summed E-state index contributed by atoms with van der Waals surface area (Å²) < 4.78 is 19.3. The molecule has 0 heterocycles. The van der Waals surface area contributed by atoms with Crippen LogP contribution in [0.15, 0.2) is 109 Å². The van der Waals surface area contributed by atoms with Crippen LogP contribution in [0, 0.1) is 5.82 Å². The van der Waals surface area contributed by atoms with Crippen molar-refractivity contribution in [1.29, 1.82) is 0 Å². The van der Waals surface area contributed by atoms with Gasteiger partial charge in [0.15, 0.2) is 0 Å². The van der Waals surface area contributed by atoms with Crippen molar-refractivity contribution in [2.75, 3.05) is 23.3 Å². The first-order valence-corrected chi connectivity index (χ1v) is 11.1. The minimum absolute atomic E-state index is 0.166. The van der Waals surface area contributed by atoms with E-state index in [1.807, 2.05) is 48.5 Å². The molecule has 2 N–H and O–H groups in total. The van der Waals surface area contributed by atoms with Crippen molar-refractivity contribution < 1.29 is 18.7 Å². The second-order valence-corrected chi connectivity index (χ2v) is 7.62. The quantitative estimate of drug-likeness (QED) is 0.328. The van der Waals surface area contributed by atoms with Crippen LogP contribution in [0.3, 0.4) is 0 Å². The van der Waals surface area contributed by atoms with Crippen molar-refractivity contribution in [2.24, 2.45) is 0 Å². The Bertz CT molecular complexity index is 1270.